The van der Waals surface area contributed by atoms with Gasteiger partial charge in [0.15, 0.2) is 0 Å². The zero-order chi connectivity index (χ0) is 16.4. The van der Waals surface area contributed by atoms with E-state index < -0.39 is 0 Å². The van der Waals surface area contributed by atoms with Crippen LogP contribution in [0.5, 0.6) is 0 Å². The molecule has 4 heteroatoms. The second-order valence-electron chi connectivity index (χ2n) is 7.11. The van der Waals surface area contributed by atoms with Crippen LogP contribution >= 0.6 is 0 Å². The normalized spacial score (nSPS) is 23.6. The molecule has 1 fully saturated rings. The Bertz CT molecular complexity index is 640. The van der Waals surface area contributed by atoms with E-state index in [1.807, 2.05) is 4.90 Å². The maximum atomic E-state index is 11.8. The number of anilines is 1. The first-order valence-electron chi connectivity index (χ1n) is 9.18. The molecule has 0 bridgehead atoms. The summed E-state index contributed by atoms with van der Waals surface area (Å²) in [6, 6.07) is 8.77. The predicted octanol–water partition coefficient (Wildman–Crippen LogP) is 2.95. The SMILES string of the molecule is O=C1CCCN1CC[C@@H]1CN(CC2=CCCOC2)c2ccccc21. The molecule has 1 amide bonds. The molecule has 3 aliphatic heterocycles. The Morgan fingerprint density at radius 1 is 1.21 bits per heavy atom. The van der Waals surface area contributed by atoms with E-state index in [0.29, 0.717) is 11.8 Å². The molecule has 4 rings (SSSR count). The number of benzene rings is 1. The standard InChI is InChI=1S/C20H26N2O2/c23-20-8-3-10-21(20)11-9-17-14-22(13-16-5-4-12-24-15-16)19-7-2-1-6-18(17)19/h1-2,5-7,17H,3-4,8-15H2/t17-/m1/s1. The van der Waals surface area contributed by atoms with Crippen LogP contribution in [0, 0.1) is 0 Å². The number of likely N-dealkylation sites (tertiary alicyclic amines) is 1. The van der Waals surface area contributed by atoms with Crippen molar-refractivity contribution in [1.29, 1.82) is 0 Å². The highest BCUT2D eigenvalue weighted by molar-refractivity contribution is 5.78. The summed E-state index contributed by atoms with van der Waals surface area (Å²) in [7, 11) is 0. The van der Waals surface area contributed by atoms with Crippen LogP contribution < -0.4 is 4.90 Å². The van der Waals surface area contributed by atoms with Gasteiger partial charge in [0.25, 0.3) is 0 Å². The van der Waals surface area contributed by atoms with Crippen LogP contribution in [0.1, 0.15) is 37.2 Å². The molecular weight excluding hydrogens is 300 g/mol. The van der Waals surface area contributed by atoms with Crippen molar-refractivity contribution in [3.8, 4) is 0 Å². The van der Waals surface area contributed by atoms with E-state index in [4.69, 9.17) is 4.74 Å². The number of fused-ring (bicyclic) bond motifs is 1. The van der Waals surface area contributed by atoms with Crippen molar-refractivity contribution in [2.75, 3.05) is 44.3 Å². The highest BCUT2D eigenvalue weighted by Gasteiger charge is 2.30. The van der Waals surface area contributed by atoms with Crippen molar-refractivity contribution in [3.05, 3.63) is 41.5 Å². The Morgan fingerprint density at radius 3 is 2.92 bits per heavy atom. The highest BCUT2D eigenvalue weighted by Crippen LogP contribution is 2.38. The lowest BCUT2D eigenvalue weighted by Gasteiger charge is -2.24. The molecule has 0 spiro atoms. The fourth-order valence-electron chi connectivity index (χ4n) is 4.20. The van der Waals surface area contributed by atoms with E-state index in [2.05, 4.69) is 35.2 Å². The summed E-state index contributed by atoms with van der Waals surface area (Å²) in [4.78, 5) is 16.4. The van der Waals surface area contributed by atoms with Gasteiger partial charge in [-0.25, -0.2) is 0 Å². The van der Waals surface area contributed by atoms with Gasteiger partial charge in [0.05, 0.1) is 13.2 Å². The minimum Gasteiger partial charge on any atom is -0.377 e. The summed E-state index contributed by atoms with van der Waals surface area (Å²) in [5, 5.41) is 0. The van der Waals surface area contributed by atoms with Crippen molar-refractivity contribution >= 4 is 11.6 Å². The van der Waals surface area contributed by atoms with Gasteiger partial charge in [-0.3, -0.25) is 4.79 Å². The molecule has 3 heterocycles. The second kappa shape index (κ2) is 6.98. The number of nitrogens with zero attached hydrogens (tertiary/aromatic N) is 2. The van der Waals surface area contributed by atoms with Crippen LogP contribution in [0.15, 0.2) is 35.9 Å². The zero-order valence-corrected chi connectivity index (χ0v) is 14.2. The summed E-state index contributed by atoms with van der Waals surface area (Å²) in [5.74, 6) is 0.863. The third-order valence-electron chi connectivity index (χ3n) is 5.45. The fraction of sp³-hybridized carbons (Fsp3) is 0.550. The second-order valence-corrected chi connectivity index (χ2v) is 7.11. The van der Waals surface area contributed by atoms with Gasteiger partial charge >= 0.3 is 0 Å². The van der Waals surface area contributed by atoms with E-state index in [1.54, 1.807) is 0 Å². The Hall–Kier alpha value is -1.81. The summed E-state index contributed by atoms with van der Waals surface area (Å²) >= 11 is 0. The average molecular weight is 326 g/mol. The molecule has 0 radical (unpaired) electrons. The van der Waals surface area contributed by atoms with Gasteiger partial charge < -0.3 is 14.5 Å². The number of hydrogen-bond donors (Lipinski definition) is 0. The molecule has 24 heavy (non-hydrogen) atoms. The number of rotatable bonds is 5. The van der Waals surface area contributed by atoms with Gasteiger partial charge in [-0.2, -0.15) is 0 Å². The van der Waals surface area contributed by atoms with Crippen molar-refractivity contribution in [1.82, 2.24) is 4.90 Å². The van der Waals surface area contributed by atoms with Gasteiger partial charge in [0.2, 0.25) is 5.91 Å². The van der Waals surface area contributed by atoms with E-state index in [0.717, 1.165) is 65.1 Å². The first kappa shape index (κ1) is 15.7. The average Bonchev–Trinajstić information content (AvgIpc) is 3.18. The summed E-state index contributed by atoms with van der Waals surface area (Å²) in [5.41, 5.74) is 4.20. The topological polar surface area (TPSA) is 32.8 Å². The van der Waals surface area contributed by atoms with Crippen molar-refractivity contribution in [2.24, 2.45) is 0 Å². The van der Waals surface area contributed by atoms with Crippen LogP contribution in [-0.4, -0.2) is 50.2 Å². The summed E-state index contributed by atoms with van der Waals surface area (Å²) in [6.07, 6.45) is 6.20. The van der Waals surface area contributed by atoms with Crippen molar-refractivity contribution in [3.63, 3.8) is 0 Å². The first-order chi connectivity index (χ1) is 11.8. The predicted molar refractivity (Wildman–Crippen MR) is 95.3 cm³/mol. The van der Waals surface area contributed by atoms with Gasteiger partial charge in [0, 0.05) is 44.2 Å². The molecule has 1 aromatic rings. The molecule has 1 aromatic carbocycles. The highest BCUT2D eigenvalue weighted by atomic mass is 16.5. The molecule has 0 aliphatic carbocycles. The number of hydrogen-bond acceptors (Lipinski definition) is 3. The fourth-order valence-corrected chi connectivity index (χ4v) is 4.20. The lowest BCUT2D eigenvalue weighted by Crippen LogP contribution is -2.29. The number of carbonyl (C=O) groups is 1. The Kier molecular flexibility index (Phi) is 4.56. The van der Waals surface area contributed by atoms with E-state index in [-0.39, 0.29) is 0 Å². The van der Waals surface area contributed by atoms with E-state index in [9.17, 15) is 4.79 Å². The van der Waals surface area contributed by atoms with E-state index in [1.165, 1.54) is 16.8 Å². The van der Waals surface area contributed by atoms with Crippen LogP contribution in [0.3, 0.4) is 0 Å². The largest absolute Gasteiger partial charge is 0.377 e. The number of para-hydroxylation sites is 1. The van der Waals surface area contributed by atoms with Crippen molar-refractivity contribution < 1.29 is 9.53 Å². The van der Waals surface area contributed by atoms with Gasteiger partial charge in [-0.1, -0.05) is 24.3 Å². The lowest BCUT2D eigenvalue weighted by atomic mass is 9.98. The first-order valence-corrected chi connectivity index (χ1v) is 9.18. The van der Waals surface area contributed by atoms with Crippen LogP contribution in [-0.2, 0) is 9.53 Å². The van der Waals surface area contributed by atoms with Crippen molar-refractivity contribution in [2.45, 2.75) is 31.6 Å². The molecule has 0 saturated carbocycles. The minimum atomic E-state index is 0.336. The van der Waals surface area contributed by atoms with Crippen LogP contribution in [0.2, 0.25) is 0 Å². The summed E-state index contributed by atoms with van der Waals surface area (Å²) < 4.78 is 5.59. The Balaban J connectivity index is 1.44. The molecule has 0 aromatic heterocycles. The molecule has 1 atom stereocenters. The third kappa shape index (κ3) is 3.20. The molecule has 128 valence electrons. The van der Waals surface area contributed by atoms with Crippen LogP contribution in [0.25, 0.3) is 0 Å². The maximum absolute atomic E-state index is 11.8. The van der Waals surface area contributed by atoms with Gasteiger partial charge in [-0.05, 0) is 36.5 Å². The third-order valence-corrected chi connectivity index (χ3v) is 5.45. The minimum absolute atomic E-state index is 0.336. The molecular formula is C20H26N2O2. The van der Waals surface area contributed by atoms with E-state index >= 15 is 0 Å². The number of amides is 1. The zero-order valence-electron chi connectivity index (χ0n) is 14.2. The molecule has 4 nitrogen and oxygen atoms in total. The maximum Gasteiger partial charge on any atom is 0.222 e. The lowest BCUT2D eigenvalue weighted by molar-refractivity contribution is -0.127. The molecule has 0 N–H and O–H groups in total. The van der Waals surface area contributed by atoms with Gasteiger partial charge in [-0.15, -0.1) is 0 Å². The Labute approximate surface area is 144 Å². The smallest absolute Gasteiger partial charge is 0.222 e. The summed E-state index contributed by atoms with van der Waals surface area (Å²) in [6.45, 7) is 5.49. The number of ether oxygens (including phenoxy) is 1. The number of carbonyl (C=O) groups excluding carboxylic acids is 1. The monoisotopic (exact) mass is 326 g/mol. The van der Waals surface area contributed by atoms with Gasteiger partial charge in [0.1, 0.15) is 0 Å². The molecule has 1 saturated heterocycles. The van der Waals surface area contributed by atoms with Crippen LogP contribution in [0.4, 0.5) is 5.69 Å². The molecule has 3 aliphatic rings. The Morgan fingerprint density at radius 2 is 2.12 bits per heavy atom. The molecule has 0 unspecified atom stereocenters. The quantitative estimate of drug-likeness (QED) is 0.780.